The fourth-order valence-electron chi connectivity index (χ4n) is 3.02. The molecule has 0 bridgehead atoms. The Bertz CT molecular complexity index is 875. The maximum atomic E-state index is 12.3. The summed E-state index contributed by atoms with van der Waals surface area (Å²) in [6.45, 7) is 0. The van der Waals surface area contributed by atoms with Crippen molar-refractivity contribution in [3.05, 3.63) is 71.7 Å². The number of unbranched alkanes of at least 4 members (excludes halogenated alkanes) is 3. The van der Waals surface area contributed by atoms with Crippen molar-refractivity contribution < 1.29 is 9.59 Å². The number of nitrogens with zero attached hydrogens (tertiary/aromatic N) is 1. The van der Waals surface area contributed by atoms with Crippen molar-refractivity contribution in [1.29, 1.82) is 0 Å². The molecular weight excluding hydrogens is 368 g/mol. The number of hydrogen-bond acceptors (Lipinski definition) is 4. The lowest BCUT2D eigenvalue weighted by Crippen LogP contribution is -2.10. The van der Waals surface area contributed by atoms with Crippen LogP contribution < -0.4 is 5.32 Å². The molecule has 28 heavy (non-hydrogen) atoms. The van der Waals surface area contributed by atoms with Crippen LogP contribution >= 0.6 is 11.3 Å². The maximum Gasteiger partial charge on any atom is 0.226 e. The van der Waals surface area contributed by atoms with Crippen LogP contribution in [-0.2, 0) is 4.79 Å². The highest BCUT2D eigenvalue weighted by Gasteiger charge is 2.07. The van der Waals surface area contributed by atoms with Crippen LogP contribution in [0.15, 0.2) is 66.2 Å². The summed E-state index contributed by atoms with van der Waals surface area (Å²) in [5, 5.41) is 5.27. The van der Waals surface area contributed by atoms with Crippen LogP contribution in [-0.4, -0.2) is 16.7 Å². The Morgan fingerprint density at radius 2 is 1.50 bits per heavy atom. The molecule has 3 aromatic rings. The van der Waals surface area contributed by atoms with Crippen molar-refractivity contribution in [3.63, 3.8) is 0 Å². The van der Waals surface area contributed by atoms with Gasteiger partial charge in [0.2, 0.25) is 5.91 Å². The van der Waals surface area contributed by atoms with Crippen molar-refractivity contribution in [2.24, 2.45) is 0 Å². The third kappa shape index (κ3) is 6.13. The first-order valence-corrected chi connectivity index (χ1v) is 10.5. The Morgan fingerprint density at radius 3 is 2.18 bits per heavy atom. The van der Waals surface area contributed by atoms with E-state index in [0.29, 0.717) is 18.0 Å². The third-order valence-corrected chi connectivity index (χ3v) is 5.24. The predicted molar refractivity (Wildman–Crippen MR) is 115 cm³/mol. The molecular formula is C23H24N2O2S. The summed E-state index contributed by atoms with van der Waals surface area (Å²) in [5.74, 6) is 0.186. The maximum absolute atomic E-state index is 12.3. The zero-order chi connectivity index (χ0) is 19.6. The summed E-state index contributed by atoms with van der Waals surface area (Å²) in [6, 6.07) is 18.0. The van der Waals surface area contributed by atoms with E-state index in [1.165, 1.54) is 11.3 Å². The number of anilines is 1. The third-order valence-electron chi connectivity index (χ3n) is 4.55. The van der Waals surface area contributed by atoms with Crippen molar-refractivity contribution in [1.82, 2.24) is 4.98 Å². The molecule has 1 amide bonds. The second-order valence-electron chi connectivity index (χ2n) is 6.67. The minimum Gasteiger partial charge on any atom is -0.302 e. The number of nitrogens with one attached hydrogen (secondary N) is 1. The van der Waals surface area contributed by atoms with E-state index in [2.05, 4.69) is 22.4 Å². The number of Topliss-reactive ketones (excluding diaryl/α,β-unsaturated/α-hetero) is 1. The van der Waals surface area contributed by atoms with Gasteiger partial charge in [-0.1, -0.05) is 67.4 Å². The van der Waals surface area contributed by atoms with Crippen LogP contribution in [0.4, 0.5) is 5.13 Å². The molecule has 0 saturated heterocycles. The van der Waals surface area contributed by atoms with E-state index in [-0.39, 0.29) is 11.7 Å². The highest BCUT2D eigenvalue weighted by atomic mass is 32.1. The zero-order valence-corrected chi connectivity index (χ0v) is 16.6. The number of ketones is 1. The lowest BCUT2D eigenvalue weighted by atomic mass is 10.00. The molecule has 1 heterocycles. The van der Waals surface area contributed by atoms with Gasteiger partial charge in [-0.25, -0.2) is 4.98 Å². The van der Waals surface area contributed by atoms with Gasteiger partial charge in [0.05, 0.1) is 0 Å². The summed E-state index contributed by atoms with van der Waals surface area (Å²) in [5.41, 5.74) is 3.04. The Labute approximate surface area is 169 Å². The number of amides is 1. The van der Waals surface area contributed by atoms with Gasteiger partial charge < -0.3 is 5.32 Å². The molecule has 3 rings (SSSR count). The topological polar surface area (TPSA) is 59.1 Å². The Hall–Kier alpha value is -2.79. The largest absolute Gasteiger partial charge is 0.302 e. The monoisotopic (exact) mass is 392 g/mol. The first kappa shape index (κ1) is 20.0. The number of benzene rings is 2. The normalized spacial score (nSPS) is 10.6. The smallest absolute Gasteiger partial charge is 0.226 e. The van der Waals surface area contributed by atoms with Crippen molar-refractivity contribution >= 4 is 28.2 Å². The lowest BCUT2D eigenvalue weighted by molar-refractivity contribution is -0.116. The average Bonchev–Trinajstić information content (AvgIpc) is 3.24. The molecule has 0 spiro atoms. The van der Waals surface area contributed by atoms with E-state index >= 15 is 0 Å². The van der Waals surface area contributed by atoms with Gasteiger partial charge in [0.25, 0.3) is 0 Å². The summed E-state index contributed by atoms with van der Waals surface area (Å²) in [6.07, 6.45) is 6.31. The summed E-state index contributed by atoms with van der Waals surface area (Å²) < 4.78 is 0. The molecule has 0 saturated carbocycles. The van der Waals surface area contributed by atoms with Crippen molar-refractivity contribution in [2.45, 2.75) is 38.5 Å². The Morgan fingerprint density at radius 1 is 0.821 bits per heavy atom. The summed E-state index contributed by atoms with van der Waals surface area (Å²) in [4.78, 5) is 28.1. The molecule has 2 aromatic carbocycles. The molecule has 0 aliphatic rings. The number of carbonyl (C=O) groups is 2. The van der Waals surface area contributed by atoms with E-state index in [0.717, 1.165) is 42.4 Å². The fraction of sp³-hybridized carbons (Fsp3) is 0.261. The van der Waals surface area contributed by atoms with Crippen LogP contribution in [0.3, 0.4) is 0 Å². The van der Waals surface area contributed by atoms with Crippen LogP contribution in [0, 0.1) is 0 Å². The van der Waals surface area contributed by atoms with Crippen LogP contribution in [0.2, 0.25) is 0 Å². The van der Waals surface area contributed by atoms with Gasteiger partial charge in [-0.05, 0) is 24.0 Å². The SMILES string of the molecule is O=C(CCCCCCC(=O)c1ccc(-c2ccccc2)cc1)Nc1nccs1. The number of rotatable bonds is 10. The number of thiazole rings is 1. The summed E-state index contributed by atoms with van der Waals surface area (Å²) in [7, 11) is 0. The lowest BCUT2D eigenvalue weighted by Gasteiger charge is -2.05. The van der Waals surface area contributed by atoms with E-state index in [1.807, 2.05) is 47.8 Å². The highest BCUT2D eigenvalue weighted by Crippen LogP contribution is 2.20. The van der Waals surface area contributed by atoms with E-state index in [1.54, 1.807) is 6.20 Å². The number of aromatic nitrogens is 1. The molecule has 0 aliphatic heterocycles. The van der Waals surface area contributed by atoms with Gasteiger partial charge in [0.1, 0.15) is 0 Å². The summed E-state index contributed by atoms with van der Waals surface area (Å²) >= 11 is 1.42. The molecule has 5 heteroatoms. The first-order valence-electron chi connectivity index (χ1n) is 9.60. The van der Waals surface area contributed by atoms with Gasteiger partial charge in [-0.2, -0.15) is 0 Å². The zero-order valence-electron chi connectivity index (χ0n) is 15.8. The minimum absolute atomic E-state index is 0.00420. The standard InChI is InChI=1S/C23H24N2O2S/c26-21(20-14-12-19(13-15-20)18-8-4-3-5-9-18)10-6-1-2-7-11-22(27)25-23-24-16-17-28-23/h3-5,8-9,12-17H,1-2,6-7,10-11H2,(H,24,25,27). The van der Waals surface area contributed by atoms with Crippen LogP contribution in [0.1, 0.15) is 48.9 Å². The molecule has 0 aliphatic carbocycles. The fourth-order valence-corrected chi connectivity index (χ4v) is 3.56. The first-order chi connectivity index (χ1) is 13.7. The molecule has 4 nitrogen and oxygen atoms in total. The molecule has 0 unspecified atom stereocenters. The van der Waals surface area contributed by atoms with Crippen molar-refractivity contribution in [3.8, 4) is 11.1 Å². The second-order valence-corrected chi connectivity index (χ2v) is 7.56. The Balaban J connectivity index is 1.32. The second kappa shape index (κ2) is 10.5. The van der Waals surface area contributed by atoms with Gasteiger partial charge >= 0.3 is 0 Å². The van der Waals surface area contributed by atoms with Gasteiger partial charge in [-0.15, -0.1) is 11.3 Å². The highest BCUT2D eigenvalue weighted by molar-refractivity contribution is 7.13. The minimum atomic E-state index is 0.00420. The molecule has 0 radical (unpaired) electrons. The van der Waals surface area contributed by atoms with Gasteiger partial charge in [-0.3, -0.25) is 9.59 Å². The average molecular weight is 393 g/mol. The van der Waals surface area contributed by atoms with E-state index in [4.69, 9.17) is 0 Å². The van der Waals surface area contributed by atoms with Gasteiger partial charge in [0.15, 0.2) is 10.9 Å². The quantitative estimate of drug-likeness (QED) is 0.341. The van der Waals surface area contributed by atoms with Crippen LogP contribution in [0.25, 0.3) is 11.1 Å². The number of hydrogen-bond donors (Lipinski definition) is 1. The molecule has 1 aromatic heterocycles. The number of carbonyl (C=O) groups excluding carboxylic acids is 2. The molecule has 0 atom stereocenters. The molecule has 144 valence electrons. The van der Waals surface area contributed by atoms with Crippen LogP contribution in [0.5, 0.6) is 0 Å². The Kier molecular flexibility index (Phi) is 7.50. The molecule has 1 N–H and O–H groups in total. The van der Waals surface area contributed by atoms with Gasteiger partial charge in [0, 0.05) is 30.0 Å². The molecule has 0 fully saturated rings. The van der Waals surface area contributed by atoms with Crippen molar-refractivity contribution in [2.75, 3.05) is 5.32 Å². The predicted octanol–water partition coefficient (Wildman–Crippen LogP) is 5.97. The van der Waals surface area contributed by atoms with E-state index < -0.39 is 0 Å². The van der Waals surface area contributed by atoms with E-state index in [9.17, 15) is 9.59 Å².